The Labute approximate surface area is 89.8 Å². The lowest BCUT2D eigenvalue weighted by Crippen LogP contribution is -2.03. The van der Waals surface area contributed by atoms with E-state index in [-0.39, 0.29) is 21.8 Å². The molecule has 1 rings (SSSR count). The van der Waals surface area contributed by atoms with Gasteiger partial charge in [0.25, 0.3) is 0 Å². The number of hydrogen-bond acceptors (Lipinski definition) is 3. The van der Waals surface area contributed by atoms with Crippen molar-refractivity contribution in [1.29, 1.82) is 5.26 Å². The molecule has 1 N–H and O–H groups in total. The molecule has 0 amide bonds. The molecule has 1 aromatic rings. The minimum Gasteiger partial charge on any atom is -0.302 e. The third kappa shape index (κ3) is 2.29. The van der Waals surface area contributed by atoms with E-state index >= 15 is 0 Å². The Kier molecular flexibility index (Phi) is 3.35. The van der Waals surface area contributed by atoms with Gasteiger partial charge in [0.15, 0.2) is 16.9 Å². The second-order valence-electron chi connectivity index (χ2n) is 3.10. The van der Waals surface area contributed by atoms with Crippen LogP contribution in [0.4, 0.5) is 0 Å². The summed E-state index contributed by atoms with van der Waals surface area (Å²) in [7, 11) is 0. The molecule has 1 unspecified atom stereocenters. The summed E-state index contributed by atoms with van der Waals surface area (Å²) in [4.78, 5) is 11.2. The molecule has 0 fully saturated rings. The molecule has 0 saturated heterocycles. The second kappa shape index (κ2) is 4.34. The molecule has 0 heterocycles. The van der Waals surface area contributed by atoms with Crippen molar-refractivity contribution in [3.8, 4) is 6.07 Å². The van der Waals surface area contributed by atoms with E-state index in [0.717, 1.165) is 0 Å². The molecule has 0 radical (unpaired) electrons. The maximum absolute atomic E-state index is 11.2. The monoisotopic (exact) mass is 223 g/mol. The van der Waals surface area contributed by atoms with Gasteiger partial charge < -0.3 is 4.55 Å². The molecule has 0 spiro atoms. The van der Waals surface area contributed by atoms with Gasteiger partial charge in [0, 0.05) is 5.56 Å². The predicted octanol–water partition coefficient (Wildman–Crippen LogP) is 1.65. The van der Waals surface area contributed by atoms with Gasteiger partial charge in [-0.25, -0.2) is 4.21 Å². The van der Waals surface area contributed by atoms with E-state index in [0.29, 0.717) is 5.56 Å². The minimum absolute atomic E-state index is 0.0114. The van der Waals surface area contributed by atoms with Gasteiger partial charge in [0.1, 0.15) is 6.07 Å². The van der Waals surface area contributed by atoms with Crippen LogP contribution >= 0.6 is 0 Å². The quantitative estimate of drug-likeness (QED) is 0.610. The van der Waals surface area contributed by atoms with Crippen molar-refractivity contribution < 1.29 is 13.6 Å². The third-order valence-corrected chi connectivity index (χ3v) is 2.62. The van der Waals surface area contributed by atoms with Crippen molar-refractivity contribution in [2.75, 3.05) is 0 Å². The number of rotatable bonds is 2. The fourth-order valence-corrected chi connectivity index (χ4v) is 1.90. The van der Waals surface area contributed by atoms with Crippen molar-refractivity contribution >= 4 is 16.9 Å². The molecule has 15 heavy (non-hydrogen) atoms. The van der Waals surface area contributed by atoms with E-state index in [1.54, 1.807) is 13.0 Å². The number of benzene rings is 1. The lowest BCUT2D eigenvalue weighted by atomic mass is 10.0. The van der Waals surface area contributed by atoms with Crippen LogP contribution in [0.1, 0.15) is 28.4 Å². The summed E-state index contributed by atoms with van der Waals surface area (Å²) in [5.74, 6) is -0.290. The summed E-state index contributed by atoms with van der Waals surface area (Å²) in [6.07, 6.45) is 0. The van der Waals surface area contributed by atoms with E-state index in [1.807, 2.05) is 0 Å². The second-order valence-corrected chi connectivity index (χ2v) is 4.04. The first kappa shape index (κ1) is 11.6. The summed E-state index contributed by atoms with van der Waals surface area (Å²) in [5, 5.41) is 8.84. The number of aryl methyl sites for hydroxylation is 1. The molecular weight excluding hydrogens is 214 g/mol. The summed E-state index contributed by atoms with van der Waals surface area (Å²) < 4.78 is 19.9. The van der Waals surface area contributed by atoms with E-state index in [9.17, 15) is 9.00 Å². The largest absolute Gasteiger partial charge is 0.302 e. The molecule has 0 bridgehead atoms. The van der Waals surface area contributed by atoms with Crippen LogP contribution in [0.2, 0.25) is 0 Å². The van der Waals surface area contributed by atoms with Crippen molar-refractivity contribution in [2.24, 2.45) is 0 Å². The molecule has 78 valence electrons. The molecular formula is C10H9NO3S. The Morgan fingerprint density at radius 1 is 1.53 bits per heavy atom. The topological polar surface area (TPSA) is 78.2 Å². The molecule has 0 aliphatic rings. The van der Waals surface area contributed by atoms with Crippen LogP contribution in [-0.2, 0) is 11.1 Å². The number of nitrogens with zero attached hydrogens (tertiary/aromatic N) is 1. The molecule has 4 nitrogen and oxygen atoms in total. The number of hydrogen-bond donors (Lipinski definition) is 1. The number of nitriles is 1. The molecule has 1 aromatic carbocycles. The number of ketones is 1. The molecule has 0 aliphatic heterocycles. The Morgan fingerprint density at radius 2 is 2.13 bits per heavy atom. The number of Topliss-reactive ketones (excluding diaryl/α,β-unsaturated/α-hetero) is 1. The van der Waals surface area contributed by atoms with Gasteiger partial charge in [-0.1, -0.05) is 0 Å². The van der Waals surface area contributed by atoms with Gasteiger partial charge in [0.05, 0.1) is 10.5 Å². The van der Waals surface area contributed by atoms with Crippen molar-refractivity contribution in [3.05, 3.63) is 28.8 Å². The van der Waals surface area contributed by atoms with Crippen LogP contribution < -0.4 is 0 Å². The standard InChI is InChI=1S/C10H9NO3S/c1-6-3-8(7(2)12)9(5-11)10(4-6)15(13)14/h3-4H,1-2H3,(H,13,14). The minimum atomic E-state index is -2.25. The molecule has 0 aliphatic carbocycles. The normalized spacial score (nSPS) is 11.9. The molecule has 0 aromatic heterocycles. The van der Waals surface area contributed by atoms with Gasteiger partial charge in [-0.05, 0) is 31.5 Å². The van der Waals surface area contributed by atoms with E-state index in [2.05, 4.69) is 0 Å². The van der Waals surface area contributed by atoms with Gasteiger partial charge in [0.2, 0.25) is 0 Å². The summed E-state index contributed by atoms with van der Waals surface area (Å²) in [5.41, 5.74) is 0.848. The van der Waals surface area contributed by atoms with Crippen LogP contribution in [-0.4, -0.2) is 14.5 Å². The number of carbonyl (C=O) groups is 1. The highest BCUT2D eigenvalue weighted by Crippen LogP contribution is 2.20. The zero-order valence-electron chi connectivity index (χ0n) is 8.27. The Balaban J connectivity index is 3.62. The Bertz CT molecular complexity index is 453. The highest BCUT2D eigenvalue weighted by Gasteiger charge is 2.16. The third-order valence-electron chi connectivity index (χ3n) is 1.93. The Morgan fingerprint density at radius 3 is 2.53 bits per heavy atom. The SMILES string of the molecule is CC(=O)c1cc(C)cc(S(=O)O)c1C#N. The molecule has 0 saturated carbocycles. The number of carbonyl (C=O) groups excluding carboxylic acids is 1. The van der Waals surface area contributed by atoms with E-state index in [1.165, 1.54) is 19.1 Å². The molecule has 1 atom stereocenters. The van der Waals surface area contributed by atoms with Gasteiger partial charge in [-0.3, -0.25) is 4.79 Å². The van der Waals surface area contributed by atoms with Crippen LogP contribution in [0.25, 0.3) is 0 Å². The fourth-order valence-electron chi connectivity index (χ4n) is 1.28. The van der Waals surface area contributed by atoms with Crippen molar-refractivity contribution in [3.63, 3.8) is 0 Å². The van der Waals surface area contributed by atoms with E-state index in [4.69, 9.17) is 9.81 Å². The highest BCUT2D eigenvalue weighted by atomic mass is 32.2. The van der Waals surface area contributed by atoms with Crippen LogP contribution in [0, 0.1) is 18.3 Å². The fraction of sp³-hybridized carbons (Fsp3) is 0.200. The summed E-state index contributed by atoms with van der Waals surface area (Å²) in [6, 6.07) is 4.75. The lowest BCUT2D eigenvalue weighted by Gasteiger charge is -2.05. The predicted molar refractivity (Wildman–Crippen MR) is 54.9 cm³/mol. The van der Waals surface area contributed by atoms with Gasteiger partial charge in [-0.2, -0.15) is 5.26 Å². The van der Waals surface area contributed by atoms with Gasteiger partial charge >= 0.3 is 0 Å². The first-order chi connectivity index (χ1) is 6.97. The van der Waals surface area contributed by atoms with Gasteiger partial charge in [-0.15, -0.1) is 0 Å². The highest BCUT2D eigenvalue weighted by molar-refractivity contribution is 7.79. The first-order valence-corrected chi connectivity index (χ1v) is 5.24. The van der Waals surface area contributed by atoms with Crippen LogP contribution in [0.3, 0.4) is 0 Å². The average Bonchev–Trinajstić information content (AvgIpc) is 2.16. The maximum atomic E-state index is 11.2. The Hall–Kier alpha value is -1.51. The van der Waals surface area contributed by atoms with Crippen LogP contribution in [0.15, 0.2) is 17.0 Å². The summed E-state index contributed by atoms with van der Waals surface area (Å²) in [6.45, 7) is 3.02. The van der Waals surface area contributed by atoms with Crippen molar-refractivity contribution in [1.82, 2.24) is 0 Å². The average molecular weight is 223 g/mol. The summed E-state index contributed by atoms with van der Waals surface area (Å²) >= 11 is -2.25. The maximum Gasteiger partial charge on any atom is 0.187 e. The zero-order chi connectivity index (χ0) is 11.6. The van der Waals surface area contributed by atoms with Crippen LogP contribution in [0.5, 0.6) is 0 Å². The zero-order valence-corrected chi connectivity index (χ0v) is 9.09. The smallest absolute Gasteiger partial charge is 0.187 e. The van der Waals surface area contributed by atoms with Crippen molar-refractivity contribution in [2.45, 2.75) is 18.7 Å². The first-order valence-electron chi connectivity index (χ1n) is 4.14. The lowest BCUT2D eigenvalue weighted by molar-refractivity contribution is 0.101. The van der Waals surface area contributed by atoms with E-state index < -0.39 is 11.1 Å². The molecule has 5 heteroatoms.